The lowest BCUT2D eigenvalue weighted by Crippen LogP contribution is -1.99. The molecule has 0 saturated heterocycles. The number of hydrogen-bond donors (Lipinski definition) is 1. The van der Waals surface area contributed by atoms with Crippen LogP contribution in [0.1, 0.15) is 88.7 Å². The Morgan fingerprint density at radius 3 is 1.62 bits per heavy atom. The van der Waals surface area contributed by atoms with Gasteiger partial charge < -0.3 is 4.98 Å². The number of H-pyrrole nitrogens is 1. The molecular weight excluding hydrogens is 194 g/mol. The first-order valence-electron chi connectivity index (χ1n) is 6.64. The fourth-order valence-corrected chi connectivity index (χ4v) is 2.58. The predicted molar refractivity (Wildman–Crippen MR) is 72.4 cm³/mol. The standard InChI is InChI=1S/C15H27N/c1-8-12-13(9(2)3)15(11(6)7)16-14(12)10(4)5/h9-11,16H,8H2,1-7H3. The van der Waals surface area contributed by atoms with Crippen molar-refractivity contribution in [2.24, 2.45) is 0 Å². The molecule has 1 aromatic heterocycles. The molecule has 1 heterocycles. The van der Waals surface area contributed by atoms with Crippen LogP contribution in [0.25, 0.3) is 0 Å². The number of rotatable bonds is 4. The summed E-state index contributed by atoms with van der Waals surface area (Å²) in [5, 5.41) is 0. The van der Waals surface area contributed by atoms with Crippen LogP contribution < -0.4 is 0 Å². The van der Waals surface area contributed by atoms with E-state index in [9.17, 15) is 0 Å². The Hall–Kier alpha value is -0.720. The van der Waals surface area contributed by atoms with Gasteiger partial charge in [0, 0.05) is 11.4 Å². The Kier molecular flexibility index (Phi) is 4.23. The normalized spacial score (nSPS) is 12.1. The Labute approximate surface area is 101 Å². The van der Waals surface area contributed by atoms with Crippen molar-refractivity contribution >= 4 is 0 Å². The van der Waals surface area contributed by atoms with Crippen molar-refractivity contribution in [2.45, 2.75) is 72.6 Å². The lowest BCUT2D eigenvalue weighted by molar-refractivity contribution is 0.762. The van der Waals surface area contributed by atoms with Gasteiger partial charge in [0.15, 0.2) is 0 Å². The quantitative estimate of drug-likeness (QED) is 0.740. The van der Waals surface area contributed by atoms with Gasteiger partial charge in [0.1, 0.15) is 0 Å². The van der Waals surface area contributed by atoms with Crippen molar-refractivity contribution in [1.29, 1.82) is 0 Å². The van der Waals surface area contributed by atoms with Gasteiger partial charge in [0.25, 0.3) is 0 Å². The maximum atomic E-state index is 3.68. The van der Waals surface area contributed by atoms with E-state index >= 15 is 0 Å². The minimum atomic E-state index is 0.593. The minimum absolute atomic E-state index is 0.593. The van der Waals surface area contributed by atoms with E-state index < -0.39 is 0 Å². The van der Waals surface area contributed by atoms with E-state index in [1.165, 1.54) is 11.4 Å². The van der Waals surface area contributed by atoms with E-state index in [1.807, 2.05) is 0 Å². The first-order chi connectivity index (χ1) is 7.40. The smallest absolute Gasteiger partial charge is 0.0213 e. The second-order valence-corrected chi connectivity index (χ2v) is 5.66. The van der Waals surface area contributed by atoms with Gasteiger partial charge in [-0.2, -0.15) is 0 Å². The van der Waals surface area contributed by atoms with Gasteiger partial charge in [-0.05, 0) is 35.3 Å². The van der Waals surface area contributed by atoms with E-state index in [0.717, 1.165) is 6.42 Å². The van der Waals surface area contributed by atoms with E-state index in [1.54, 1.807) is 11.1 Å². The highest BCUT2D eigenvalue weighted by molar-refractivity contribution is 5.42. The van der Waals surface area contributed by atoms with Gasteiger partial charge in [0.2, 0.25) is 0 Å². The molecule has 0 atom stereocenters. The fourth-order valence-electron chi connectivity index (χ4n) is 2.58. The highest BCUT2D eigenvalue weighted by Crippen LogP contribution is 2.34. The Balaban J connectivity index is 3.40. The third-order valence-corrected chi connectivity index (χ3v) is 3.30. The molecule has 0 bridgehead atoms. The summed E-state index contributed by atoms with van der Waals surface area (Å²) in [4.78, 5) is 3.68. The molecule has 0 fully saturated rings. The Morgan fingerprint density at radius 2 is 1.31 bits per heavy atom. The van der Waals surface area contributed by atoms with Gasteiger partial charge in [-0.15, -0.1) is 0 Å². The van der Waals surface area contributed by atoms with Gasteiger partial charge in [0.05, 0.1) is 0 Å². The summed E-state index contributed by atoms with van der Waals surface area (Å²) in [5.41, 5.74) is 6.04. The van der Waals surface area contributed by atoms with Gasteiger partial charge in [-0.25, -0.2) is 0 Å². The molecule has 0 amide bonds. The summed E-state index contributed by atoms with van der Waals surface area (Å²) < 4.78 is 0. The third kappa shape index (κ3) is 2.34. The van der Waals surface area contributed by atoms with Crippen molar-refractivity contribution in [3.63, 3.8) is 0 Å². The van der Waals surface area contributed by atoms with Crippen molar-refractivity contribution < 1.29 is 0 Å². The summed E-state index contributed by atoms with van der Waals surface area (Å²) >= 11 is 0. The summed E-state index contributed by atoms with van der Waals surface area (Å²) in [6, 6.07) is 0. The molecule has 92 valence electrons. The highest BCUT2D eigenvalue weighted by atomic mass is 14.8. The van der Waals surface area contributed by atoms with E-state index in [4.69, 9.17) is 0 Å². The van der Waals surface area contributed by atoms with Crippen molar-refractivity contribution in [3.8, 4) is 0 Å². The molecule has 1 nitrogen and oxygen atoms in total. The van der Waals surface area contributed by atoms with Gasteiger partial charge >= 0.3 is 0 Å². The van der Waals surface area contributed by atoms with Crippen LogP contribution in [0.3, 0.4) is 0 Å². The van der Waals surface area contributed by atoms with Crippen LogP contribution in [0.2, 0.25) is 0 Å². The largest absolute Gasteiger partial charge is 0.361 e. The molecule has 1 N–H and O–H groups in total. The molecule has 16 heavy (non-hydrogen) atoms. The topological polar surface area (TPSA) is 15.8 Å². The van der Waals surface area contributed by atoms with E-state index in [-0.39, 0.29) is 0 Å². The molecular formula is C15H27N. The minimum Gasteiger partial charge on any atom is -0.361 e. The van der Waals surface area contributed by atoms with Crippen LogP contribution in [0, 0.1) is 0 Å². The van der Waals surface area contributed by atoms with Crippen molar-refractivity contribution in [2.75, 3.05) is 0 Å². The Morgan fingerprint density at radius 1 is 0.812 bits per heavy atom. The molecule has 0 radical (unpaired) electrons. The number of nitrogens with one attached hydrogen (secondary N) is 1. The first kappa shape index (κ1) is 13.3. The summed E-state index contributed by atoms with van der Waals surface area (Å²) in [6.45, 7) is 16.0. The zero-order valence-electron chi connectivity index (χ0n) is 11.9. The van der Waals surface area contributed by atoms with Gasteiger partial charge in [-0.1, -0.05) is 48.5 Å². The van der Waals surface area contributed by atoms with Crippen LogP contribution in [0.4, 0.5) is 0 Å². The van der Waals surface area contributed by atoms with E-state index in [2.05, 4.69) is 53.5 Å². The zero-order chi connectivity index (χ0) is 12.5. The molecule has 0 aliphatic rings. The van der Waals surface area contributed by atoms with Crippen LogP contribution >= 0.6 is 0 Å². The first-order valence-corrected chi connectivity index (χ1v) is 6.64. The average Bonchev–Trinajstić information content (AvgIpc) is 2.56. The SMILES string of the molecule is CCc1c(C(C)C)[nH]c(C(C)C)c1C(C)C. The summed E-state index contributed by atoms with van der Waals surface area (Å²) in [6.07, 6.45) is 1.14. The number of aromatic amines is 1. The molecule has 0 saturated carbocycles. The molecule has 0 aromatic carbocycles. The van der Waals surface area contributed by atoms with Crippen LogP contribution in [0.5, 0.6) is 0 Å². The average molecular weight is 221 g/mol. The van der Waals surface area contributed by atoms with Crippen LogP contribution in [0.15, 0.2) is 0 Å². The molecule has 1 rings (SSSR count). The molecule has 0 aliphatic heterocycles. The zero-order valence-corrected chi connectivity index (χ0v) is 11.9. The van der Waals surface area contributed by atoms with E-state index in [0.29, 0.717) is 17.8 Å². The summed E-state index contributed by atoms with van der Waals surface area (Å²) in [7, 11) is 0. The highest BCUT2D eigenvalue weighted by Gasteiger charge is 2.21. The fraction of sp³-hybridized carbons (Fsp3) is 0.733. The third-order valence-electron chi connectivity index (χ3n) is 3.30. The summed E-state index contributed by atoms with van der Waals surface area (Å²) in [5.74, 6) is 1.81. The van der Waals surface area contributed by atoms with Crippen LogP contribution in [-0.2, 0) is 6.42 Å². The lowest BCUT2D eigenvalue weighted by Gasteiger charge is -2.13. The molecule has 0 spiro atoms. The number of aromatic nitrogens is 1. The second-order valence-electron chi connectivity index (χ2n) is 5.66. The second kappa shape index (κ2) is 5.07. The Bertz CT molecular complexity index is 343. The van der Waals surface area contributed by atoms with Crippen molar-refractivity contribution in [1.82, 2.24) is 4.98 Å². The molecule has 0 aliphatic carbocycles. The monoisotopic (exact) mass is 221 g/mol. The van der Waals surface area contributed by atoms with Crippen LogP contribution in [-0.4, -0.2) is 4.98 Å². The van der Waals surface area contributed by atoms with Crippen molar-refractivity contribution in [3.05, 3.63) is 22.5 Å². The predicted octanol–water partition coefficient (Wildman–Crippen LogP) is 4.95. The molecule has 0 unspecified atom stereocenters. The number of hydrogen-bond acceptors (Lipinski definition) is 0. The maximum Gasteiger partial charge on any atom is 0.0213 e. The molecule has 1 aromatic rings. The molecule has 1 heteroatoms. The van der Waals surface area contributed by atoms with Gasteiger partial charge in [-0.3, -0.25) is 0 Å². The maximum absolute atomic E-state index is 3.68. The lowest BCUT2D eigenvalue weighted by atomic mass is 9.91.